The standard InChI is InChI=1S/C15H29NO4/c1-6-19-14(17)15(13-7-8-13,16-11(2)3)10-20-12(4)9-18-5/h11-13,16H,6-10H2,1-5H3. The normalized spacial score (nSPS) is 19.7. The van der Waals surface area contributed by atoms with Crippen molar-refractivity contribution in [1.29, 1.82) is 0 Å². The molecule has 0 aromatic rings. The van der Waals surface area contributed by atoms with E-state index >= 15 is 0 Å². The van der Waals surface area contributed by atoms with Crippen LogP contribution in [-0.4, -0.2) is 50.6 Å². The second-order valence-corrected chi connectivity index (χ2v) is 5.84. The highest BCUT2D eigenvalue weighted by atomic mass is 16.5. The van der Waals surface area contributed by atoms with Gasteiger partial charge in [0.1, 0.15) is 5.54 Å². The zero-order valence-corrected chi connectivity index (χ0v) is 13.4. The van der Waals surface area contributed by atoms with Gasteiger partial charge in [0.05, 0.1) is 25.9 Å². The van der Waals surface area contributed by atoms with Gasteiger partial charge in [0.15, 0.2) is 0 Å². The molecule has 0 amide bonds. The Hall–Kier alpha value is -0.650. The van der Waals surface area contributed by atoms with Gasteiger partial charge < -0.3 is 14.2 Å². The summed E-state index contributed by atoms with van der Waals surface area (Å²) in [5.41, 5.74) is -0.716. The van der Waals surface area contributed by atoms with Gasteiger partial charge in [-0.15, -0.1) is 0 Å². The Labute approximate surface area is 122 Å². The molecule has 1 saturated carbocycles. The van der Waals surface area contributed by atoms with E-state index in [0.29, 0.717) is 25.7 Å². The second kappa shape index (κ2) is 7.96. The highest BCUT2D eigenvalue weighted by Gasteiger charge is 2.52. The largest absolute Gasteiger partial charge is 0.465 e. The van der Waals surface area contributed by atoms with Gasteiger partial charge in [0.25, 0.3) is 0 Å². The number of carbonyl (C=O) groups is 1. The number of esters is 1. The van der Waals surface area contributed by atoms with Gasteiger partial charge in [-0.3, -0.25) is 5.32 Å². The van der Waals surface area contributed by atoms with Crippen LogP contribution in [0.2, 0.25) is 0 Å². The van der Waals surface area contributed by atoms with Crippen LogP contribution in [0.5, 0.6) is 0 Å². The molecule has 0 aromatic heterocycles. The van der Waals surface area contributed by atoms with Gasteiger partial charge in [-0.2, -0.15) is 0 Å². The fraction of sp³-hybridized carbons (Fsp3) is 0.933. The molecule has 20 heavy (non-hydrogen) atoms. The van der Waals surface area contributed by atoms with Gasteiger partial charge in [0.2, 0.25) is 0 Å². The van der Waals surface area contributed by atoms with Crippen molar-refractivity contribution in [2.24, 2.45) is 5.92 Å². The summed E-state index contributed by atoms with van der Waals surface area (Å²) in [6.45, 7) is 9.09. The van der Waals surface area contributed by atoms with Crippen molar-refractivity contribution in [3.8, 4) is 0 Å². The van der Waals surface area contributed by atoms with Crippen molar-refractivity contribution in [1.82, 2.24) is 5.32 Å². The van der Waals surface area contributed by atoms with Gasteiger partial charge in [-0.05, 0) is 46.5 Å². The summed E-state index contributed by atoms with van der Waals surface area (Å²) in [6.07, 6.45) is 2.04. The van der Waals surface area contributed by atoms with Gasteiger partial charge in [0, 0.05) is 13.2 Å². The summed E-state index contributed by atoms with van der Waals surface area (Å²) in [6, 6.07) is 0.196. The third-order valence-electron chi connectivity index (χ3n) is 3.46. The van der Waals surface area contributed by atoms with E-state index in [-0.39, 0.29) is 18.1 Å². The number of hydrogen-bond donors (Lipinski definition) is 1. The Morgan fingerprint density at radius 1 is 1.35 bits per heavy atom. The molecule has 0 radical (unpaired) electrons. The number of hydrogen-bond acceptors (Lipinski definition) is 5. The smallest absolute Gasteiger partial charge is 0.329 e. The van der Waals surface area contributed by atoms with Crippen LogP contribution in [0.3, 0.4) is 0 Å². The third kappa shape index (κ3) is 4.72. The fourth-order valence-electron chi connectivity index (χ4n) is 2.47. The Bertz CT molecular complexity index is 304. The second-order valence-electron chi connectivity index (χ2n) is 5.84. The predicted octanol–water partition coefficient (Wildman–Crippen LogP) is 1.75. The average Bonchev–Trinajstić information content (AvgIpc) is 3.19. The fourth-order valence-corrected chi connectivity index (χ4v) is 2.47. The van der Waals surface area contributed by atoms with Crippen molar-refractivity contribution in [2.45, 2.75) is 58.2 Å². The molecule has 0 aliphatic heterocycles. The van der Waals surface area contributed by atoms with Crippen LogP contribution < -0.4 is 5.32 Å². The summed E-state index contributed by atoms with van der Waals surface area (Å²) in [5.74, 6) is 0.111. The highest BCUT2D eigenvalue weighted by molar-refractivity contribution is 5.82. The lowest BCUT2D eigenvalue weighted by Crippen LogP contribution is -2.60. The molecule has 5 heteroatoms. The molecule has 2 unspecified atom stereocenters. The maximum atomic E-state index is 12.5. The minimum absolute atomic E-state index is 0.0403. The first kappa shape index (κ1) is 17.4. The number of nitrogens with one attached hydrogen (secondary N) is 1. The number of methoxy groups -OCH3 is 1. The molecule has 1 aliphatic carbocycles. The Morgan fingerprint density at radius 2 is 2.00 bits per heavy atom. The van der Waals surface area contributed by atoms with E-state index in [2.05, 4.69) is 5.32 Å². The summed E-state index contributed by atoms with van der Waals surface area (Å²) >= 11 is 0. The van der Waals surface area contributed by atoms with E-state index < -0.39 is 5.54 Å². The molecule has 0 aromatic carbocycles. The van der Waals surface area contributed by atoms with E-state index in [0.717, 1.165) is 12.8 Å². The van der Waals surface area contributed by atoms with E-state index in [1.165, 1.54) is 0 Å². The van der Waals surface area contributed by atoms with Crippen LogP contribution in [0.4, 0.5) is 0 Å². The Balaban J connectivity index is 2.77. The van der Waals surface area contributed by atoms with Crippen molar-refractivity contribution >= 4 is 5.97 Å². The van der Waals surface area contributed by atoms with Crippen LogP contribution in [0.15, 0.2) is 0 Å². The highest BCUT2D eigenvalue weighted by Crippen LogP contribution is 2.41. The molecule has 0 saturated heterocycles. The molecule has 5 nitrogen and oxygen atoms in total. The molecule has 0 bridgehead atoms. The molecule has 0 heterocycles. The monoisotopic (exact) mass is 287 g/mol. The molecular formula is C15H29NO4. The summed E-state index contributed by atoms with van der Waals surface area (Å²) in [5, 5.41) is 3.40. The first-order valence-electron chi connectivity index (χ1n) is 7.51. The maximum Gasteiger partial charge on any atom is 0.329 e. The van der Waals surface area contributed by atoms with Gasteiger partial charge in [-0.25, -0.2) is 4.79 Å². The van der Waals surface area contributed by atoms with E-state index in [9.17, 15) is 4.79 Å². The van der Waals surface area contributed by atoms with Crippen LogP contribution >= 0.6 is 0 Å². The Kier molecular flexibility index (Phi) is 6.92. The molecule has 2 atom stereocenters. The molecule has 1 rings (SSSR count). The minimum Gasteiger partial charge on any atom is -0.465 e. The van der Waals surface area contributed by atoms with E-state index in [4.69, 9.17) is 14.2 Å². The molecular weight excluding hydrogens is 258 g/mol. The Morgan fingerprint density at radius 3 is 2.45 bits per heavy atom. The molecule has 0 spiro atoms. The maximum absolute atomic E-state index is 12.5. The average molecular weight is 287 g/mol. The number of rotatable bonds is 10. The first-order valence-corrected chi connectivity index (χ1v) is 7.51. The van der Waals surface area contributed by atoms with Gasteiger partial charge in [-0.1, -0.05) is 0 Å². The lowest BCUT2D eigenvalue weighted by atomic mass is 9.93. The number of carbonyl (C=O) groups excluding carboxylic acids is 1. The lowest BCUT2D eigenvalue weighted by molar-refractivity contribution is -0.157. The molecule has 118 valence electrons. The van der Waals surface area contributed by atoms with E-state index in [1.807, 2.05) is 27.7 Å². The van der Waals surface area contributed by atoms with Crippen molar-refractivity contribution in [2.75, 3.05) is 26.9 Å². The molecule has 1 N–H and O–H groups in total. The molecule has 1 fully saturated rings. The van der Waals surface area contributed by atoms with Crippen molar-refractivity contribution in [3.05, 3.63) is 0 Å². The minimum atomic E-state index is -0.716. The summed E-state index contributed by atoms with van der Waals surface area (Å²) < 4.78 is 16.2. The predicted molar refractivity (Wildman–Crippen MR) is 77.6 cm³/mol. The van der Waals surface area contributed by atoms with Crippen molar-refractivity contribution in [3.63, 3.8) is 0 Å². The first-order chi connectivity index (χ1) is 9.46. The SMILES string of the molecule is CCOC(=O)C(COC(C)COC)(NC(C)C)C1CC1. The zero-order valence-electron chi connectivity index (χ0n) is 13.4. The van der Waals surface area contributed by atoms with Crippen LogP contribution in [0.1, 0.15) is 40.5 Å². The van der Waals surface area contributed by atoms with Crippen LogP contribution in [0.25, 0.3) is 0 Å². The summed E-state index contributed by atoms with van der Waals surface area (Å²) in [7, 11) is 1.64. The summed E-state index contributed by atoms with van der Waals surface area (Å²) in [4.78, 5) is 12.5. The van der Waals surface area contributed by atoms with Crippen LogP contribution in [-0.2, 0) is 19.0 Å². The lowest BCUT2D eigenvalue weighted by Gasteiger charge is -2.35. The quantitative estimate of drug-likeness (QED) is 0.620. The zero-order chi connectivity index (χ0) is 15.2. The third-order valence-corrected chi connectivity index (χ3v) is 3.46. The number of ether oxygens (including phenoxy) is 3. The van der Waals surface area contributed by atoms with Crippen LogP contribution in [0, 0.1) is 5.92 Å². The van der Waals surface area contributed by atoms with Gasteiger partial charge >= 0.3 is 5.97 Å². The van der Waals surface area contributed by atoms with E-state index in [1.54, 1.807) is 7.11 Å². The topological polar surface area (TPSA) is 56.8 Å². The molecule has 1 aliphatic rings. The van der Waals surface area contributed by atoms with Crippen molar-refractivity contribution < 1.29 is 19.0 Å².